The van der Waals surface area contributed by atoms with Gasteiger partial charge in [-0.2, -0.15) is 0 Å². The Balaban J connectivity index is 0.00000200. The van der Waals surface area contributed by atoms with Gasteiger partial charge in [-0.15, -0.1) is 12.4 Å². The second kappa shape index (κ2) is 8.12. The van der Waals surface area contributed by atoms with Crippen molar-refractivity contribution in [1.82, 2.24) is 10.6 Å². The summed E-state index contributed by atoms with van der Waals surface area (Å²) in [5, 5.41) is 6.12. The first kappa shape index (κ1) is 16.8. The van der Waals surface area contributed by atoms with E-state index in [1.165, 1.54) is 5.56 Å². The number of carbonyl (C=O) groups is 1. The number of rotatable bonds is 5. The highest BCUT2D eigenvalue weighted by atomic mass is 35.5. The van der Waals surface area contributed by atoms with Crippen LogP contribution in [0.1, 0.15) is 25.3 Å². The monoisotopic (exact) mass is 298 g/mol. The SMILES string of the molecule is Cc1cccc(OC(C)CNC(=O)C2CCCN2)c1.Cl. The molecule has 2 atom stereocenters. The molecule has 4 nitrogen and oxygen atoms in total. The zero-order valence-corrected chi connectivity index (χ0v) is 12.8. The molecule has 0 radical (unpaired) electrons. The molecule has 2 rings (SSSR count). The van der Waals surface area contributed by atoms with Crippen LogP contribution in [0.5, 0.6) is 5.75 Å². The Morgan fingerprint density at radius 2 is 2.35 bits per heavy atom. The Morgan fingerprint density at radius 3 is 3.00 bits per heavy atom. The van der Waals surface area contributed by atoms with Gasteiger partial charge in [0, 0.05) is 0 Å². The lowest BCUT2D eigenvalue weighted by Gasteiger charge is -2.17. The predicted octanol–water partition coefficient (Wildman–Crippen LogP) is 2.05. The minimum absolute atomic E-state index is 0. The van der Waals surface area contributed by atoms with Crippen LogP contribution in [0.3, 0.4) is 0 Å². The quantitative estimate of drug-likeness (QED) is 0.875. The number of ether oxygens (including phenoxy) is 1. The topological polar surface area (TPSA) is 50.4 Å². The van der Waals surface area contributed by atoms with Gasteiger partial charge in [0.2, 0.25) is 5.91 Å². The lowest BCUT2D eigenvalue weighted by atomic mass is 10.2. The molecule has 0 spiro atoms. The summed E-state index contributed by atoms with van der Waals surface area (Å²) in [6, 6.07) is 7.91. The van der Waals surface area contributed by atoms with E-state index < -0.39 is 0 Å². The van der Waals surface area contributed by atoms with Gasteiger partial charge >= 0.3 is 0 Å². The Kier molecular flexibility index (Phi) is 6.82. The van der Waals surface area contributed by atoms with Crippen LogP contribution in [0.15, 0.2) is 24.3 Å². The van der Waals surface area contributed by atoms with Gasteiger partial charge < -0.3 is 15.4 Å². The lowest BCUT2D eigenvalue weighted by Crippen LogP contribution is -2.43. The maximum absolute atomic E-state index is 11.8. The van der Waals surface area contributed by atoms with E-state index in [9.17, 15) is 4.79 Å². The largest absolute Gasteiger partial charge is 0.489 e. The van der Waals surface area contributed by atoms with E-state index in [4.69, 9.17) is 4.74 Å². The van der Waals surface area contributed by atoms with E-state index in [0.29, 0.717) is 6.54 Å². The lowest BCUT2D eigenvalue weighted by molar-refractivity contribution is -0.123. The molecular weight excluding hydrogens is 276 g/mol. The van der Waals surface area contributed by atoms with Crippen molar-refractivity contribution < 1.29 is 9.53 Å². The second-order valence-corrected chi connectivity index (χ2v) is 5.14. The number of hydrogen-bond acceptors (Lipinski definition) is 3. The first-order valence-corrected chi connectivity index (χ1v) is 6.89. The van der Waals surface area contributed by atoms with Gasteiger partial charge in [0.15, 0.2) is 0 Å². The zero-order chi connectivity index (χ0) is 13.7. The van der Waals surface area contributed by atoms with Crippen LogP contribution < -0.4 is 15.4 Å². The fourth-order valence-corrected chi connectivity index (χ4v) is 2.24. The summed E-state index contributed by atoms with van der Waals surface area (Å²) in [4.78, 5) is 11.8. The van der Waals surface area contributed by atoms with Crippen LogP contribution in [0.2, 0.25) is 0 Å². The minimum Gasteiger partial charge on any atom is -0.489 e. The molecule has 5 heteroatoms. The van der Waals surface area contributed by atoms with E-state index in [1.807, 2.05) is 38.1 Å². The summed E-state index contributed by atoms with van der Waals surface area (Å²) in [5.74, 6) is 0.929. The first-order chi connectivity index (χ1) is 9.15. The number of hydrogen-bond donors (Lipinski definition) is 2. The molecule has 0 saturated carbocycles. The van der Waals surface area contributed by atoms with Crippen LogP contribution in [0.4, 0.5) is 0 Å². The summed E-state index contributed by atoms with van der Waals surface area (Å²) < 4.78 is 5.77. The van der Waals surface area contributed by atoms with Gasteiger partial charge in [-0.1, -0.05) is 12.1 Å². The molecule has 2 N–H and O–H groups in total. The molecule has 1 aliphatic heterocycles. The van der Waals surface area contributed by atoms with Crippen LogP contribution in [0, 0.1) is 6.92 Å². The third kappa shape index (κ3) is 5.02. The predicted molar refractivity (Wildman–Crippen MR) is 82.6 cm³/mol. The number of amides is 1. The molecule has 0 aromatic heterocycles. The summed E-state index contributed by atoms with van der Waals surface area (Å²) in [7, 11) is 0. The molecule has 2 unspecified atom stereocenters. The van der Waals surface area contributed by atoms with Gasteiger partial charge in [-0.3, -0.25) is 4.79 Å². The molecule has 1 aromatic rings. The van der Waals surface area contributed by atoms with Gasteiger partial charge in [0.25, 0.3) is 0 Å². The van der Waals surface area contributed by atoms with E-state index in [0.717, 1.165) is 25.1 Å². The molecule has 1 aromatic carbocycles. The average molecular weight is 299 g/mol. The minimum atomic E-state index is -0.0350. The van der Waals surface area contributed by atoms with Crippen LogP contribution in [0.25, 0.3) is 0 Å². The maximum atomic E-state index is 11.8. The van der Waals surface area contributed by atoms with E-state index >= 15 is 0 Å². The van der Waals surface area contributed by atoms with Crippen molar-refractivity contribution >= 4 is 18.3 Å². The van der Waals surface area contributed by atoms with Crippen LogP contribution >= 0.6 is 12.4 Å². The molecule has 1 heterocycles. The van der Waals surface area contributed by atoms with E-state index in [2.05, 4.69) is 10.6 Å². The molecule has 1 aliphatic rings. The molecule has 0 bridgehead atoms. The van der Waals surface area contributed by atoms with Crippen molar-refractivity contribution in [3.8, 4) is 5.75 Å². The second-order valence-electron chi connectivity index (χ2n) is 5.14. The molecule has 1 saturated heterocycles. The van der Waals surface area contributed by atoms with Crippen molar-refractivity contribution in [3.63, 3.8) is 0 Å². The fraction of sp³-hybridized carbons (Fsp3) is 0.533. The molecule has 1 amide bonds. The van der Waals surface area contributed by atoms with Crippen LogP contribution in [-0.4, -0.2) is 31.1 Å². The Morgan fingerprint density at radius 1 is 1.55 bits per heavy atom. The third-order valence-corrected chi connectivity index (χ3v) is 3.27. The summed E-state index contributed by atoms with van der Waals surface area (Å²) >= 11 is 0. The Labute approximate surface area is 126 Å². The summed E-state index contributed by atoms with van der Waals surface area (Å²) in [6.45, 7) is 5.47. The number of nitrogens with one attached hydrogen (secondary N) is 2. The first-order valence-electron chi connectivity index (χ1n) is 6.89. The highest BCUT2D eigenvalue weighted by Gasteiger charge is 2.21. The number of aryl methyl sites for hydroxylation is 1. The molecule has 112 valence electrons. The molecular formula is C15H23ClN2O2. The maximum Gasteiger partial charge on any atom is 0.237 e. The fourth-order valence-electron chi connectivity index (χ4n) is 2.24. The van der Waals surface area contributed by atoms with Crippen molar-refractivity contribution in [2.75, 3.05) is 13.1 Å². The van der Waals surface area contributed by atoms with Gasteiger partial charge in [0.05, 0.1) is 12.6 Å². The van der Waals surface area contributed by atoms with Gasteiger partial charge in [-0.25, -0.2) is 0 Å². The third-order valence-electron chi connectivity index (χ3n) is 3.27. The van der Waals surface area contributed by atoms with Crippen molar-refractivity contribution in [1.29, 1.82) is 0 Å². The highest BCUT2D eigenvalue weighted by molar-refractivity contribution is 5.85. The highest BCUT2D eigenvalue weighted by Crippen LogP contribution is 2.14. The smallest absolute Gasteiger partial charge is 0.237 e. The van der Waals surface area contributed by atoms with Crippen molar-refractivity contribution in [3.05, 3.63) is 29.8 Å². The van der Waals surface area contributed by atoms with Gasteiger partial charge in [-0.05, 0) is 50.9 Å². The summed E-state index contributed by atoms with van der Waals surface area (Å²) in [5.41, 5.74) is 1.17. The standard InChI is InChI=1S/C15H22N2O2.ClH/c1-11-5-3-6-13(9-11)19-12(2)10-17-15(18)14-7-4-8-16-14;/h3,5-6,9,12,14,16H,4,7-8,10H2,1-2H3,(H,17,18);1H. The number of carbonyl (C=O) groups excluding carboxylic acids is 1. The van der Waals surface area contributed by atoms with Crippen molar-refractivity contribution in [2.45, 2.75) is 38.8 Å². The number of benzene rings is 1. The molecule has 20 heavy (non-hydrogen) atoms. The number of halogens is 1. The zero-order valence-electron chi connectivity index (χ0n) is 12.0. The normalized spacial score (nSPS) is 19.0. The Bertz CT molecular complexity index is 434. The average Bonchev–Trinajstić information content (AvgIpc) is 2.90. The molecule has 1 fully saturated rings. The Hall–Kier alpha value is -1.26. The van der Waals surface area contributed by atoms with E-state index in [-0.39, 0.29) is 30.5 Å². The van der Waals surface area contributed by atoms with E-state index in [1.54, 1.807) is 0 Å². The summed E-state index contributed by atoms with van der Waals surface area (Å²) in [6.07, 6.45) is 1.97. The molecule has 0 aliphatic carbocycles. The van der Waals surface area contributed by atoms with Crippen LogP contribution in [-0.2, 0) is 4.79 Å². The van der Waals surface area contributed by atoms with Gasteiger partial charge in [0.1, 0.15) is 11.9 Å². The van der Waals surface area contributed by atoms with Crippen molar-refractivity contribution in [2.24, 2.45) is 0 Å².